The molecule has 4 nitrogen and oxygen atoms in total. The van der Waals surface area contributed by atoms with Crippen LogP contribution in [0.2, 0.25) is 0 Å². The molecule has 4 heteroatoms. The summed E-state index contributed by atoms with van der Waals surface area (Å²) in [6, 6.07) is 9.73. The number of hydrogen-bond acceptors (Lipinski definition) is 3. The number of amides is 1. The van der Waals surface area contributed by atoms with Crippen LogP contribution in [0.15, 0.2) is 59.4 Å². The summed E-state index contributed by atoms with van der Waals surface area (Å²) in [5.41, 5.74) is 1.68. The zero-order chi connectivity index (χ0) is 16.7. The average Bonchev–Trinajstić information content (AvgIpc) is 2.83. The second-order valence-electron chi connectivity index (χ2n) is 5.30. The Hall–Kier alpha value is -2.36. The van der Waals surface area contributed by atoms with Gasteiger partial charge in [0.25, 0.3) is 0 Å². The van der Waals surface area contributed by atoms with Crippen molar-refractivity contribution in [3.8, 4) is 0 Å². The van der Waals surface area contributed by atoms with E-state index < -0.39 is 0 Å². The van der Waals surface area contributed by atoms with Crippen molar-refractivity contribution in [2.24, 2.45) is 4.99 Å². The van der Waals surface area contributed by atoms with Gasteiger partial charge in [0, 0.05) is 31.6 Å². The van der Waals surface area contributed by atoms with Crippen LogP contribution in [0.3, 0.4) is 0 Å². The number of carbonyl (C=O) groups is 1. The van der Waals surface area contributed by atoms with Crippen LogP contribution < -0.4 is 4.90 Å². The number of carbonyl (C=O) groups excluding carboxylic acids is 1. The van der Waals surface area contributed by atoms with Crippen LogP contribution in [0.1, 0.15) is 33.6 Å². The average molecular weight is 311 g/mol. The minimum absolute atomic E-state index is 0.0635. The van der Waals surface area contributed by atoms with E-state index in [9.17, 15) is 4.79 Å². The number of benzene rings is 1. The van der Waals surface area contributed by atoms with Crippen LogP contribution in [-0.4, -0.2) is 29.7 Å². The van der Waals surface area contributed by atoms with Crippen molar-refractivity contribution in [1.82, 2.24) is 4.90 Å². The van der Waals surface area contributed by atoms with E-state index in [2.05, 4.69) is 29.8 Å². The summed E-state index contributed by atoms with van der Waals surface area (Å²) in [6.45, 7) is 8.00. The van der Waals surface area contributed by atoms with Crippen molar-refractivity contribution in [3.05, 3.63) is 54.4 Å². The standard InChI is InChI=1S/C19H25N3O/c1-4-19(23)22(16-11-8-7-9-12-16)17-13-10-14-18(20-15-17)21(5-2)6-3/h7-13,15H,4-6,14H2,1-3H3. The van der Waals surface area contributed by atoms with E-state index in [0.717, 1.165) is 36.7 Å². The third-order valence-corrected chi connectivity index (χ3v) is 3.89. The maximum atomic E-state index is 12.4. The van der Waals surface area contributed by atoms with Crippen LogP contribution in [0.4, 0.5) is 5.69 Å². The highest BCUT2D eigenvalue weighted by molar-refractivity contribution is 5.97. The van der Waals surface area contributed by atoms with Crippen molar-refractivity contribution in [2.75, 3.05) is 18.0 Å². The summed E-state index contributed by atoms with van der Waals surface area (Å²) >= 11 is 0. The number of para-hydroxylation sites is 1. The zero-order valence-electron chi connectivity index (χ0n) is 14.2. The first-order chi connectivity index (χ1) is 11.2. The van der Waals surface area contributed by atoms with E-state index in [1.54, 1.807) is 11.1 Å². The molecular formula is C19H25N3O. The zero-order valence-corrected chi connectivity index (χ0v) is 14.2. The van der Waals surface area contributed by atoms with Gasteiger partial charge in [0.05, 0.1) is 11.9 Å². The molecule has 0 aliphatic carbocycles. The van der Waals surface area contributed by atoms with Crippen molar-refractivity contribution < 1.29 is 4.79 Å². The van der Waals surface area contributed by atoms with E-state index in [-0.39, 0.29) is 5.91 Å². The van der Waals surface area contributed by atoms with E-state index in [1.807, 2.05) is 43.3 Å². The Morgan fingerprint density at radius 3 is 2.43 bits per heavy atom. The highest BCUT2D eigenvalue weighted by Crippen LogP contribution is 2.22. The van der Waals surface area contributed by atoms with Crippen molar-refractivity contribution in [2.45, 2.75) is 33.6 Å². The molecule has 1 aromatic rings. The Morgan fingerprint density at radius 2 is 1.83 bits per heavy atom. The molecule has 122 valence electrons. The van der Waals surface area contributed by atoms with E-state index in [1.165, 1.54) is 0 Å². The molecular weight excluding hydrogens is 286 g/mol. The smallest absolute Gasteiger partial charge is 0.231 e. The SMILES string of the molecule is CCC(=O)N(C1=CN=C(N(CC)CC)CC=C1)c1ccccc1. The lowest BCUT2D eigenvalue weighted by atomic mass is 10.2. The normalized spacial score (nSPS) is 13.9. The molecule has 0 radical (unpaired) electrons. The molecule has 0 saturated heterocycles. The lowest BCUT2D eigenvalue weighted by Crippen LogP contribution is -2.30. The largest absolute Gasteiger partial charge is 0.360 e. The molecule has 0 spiro atoms. The molecule has 0 fully saturated rings. The summed E-state index contributed by atoms with van der Waals surface area (Å²) in [4.78, 5) is 21.1. The van der Waals surface area contributed by atoms with Crippen molar-refractivity contribution in [3.63, 3.8) is 0 Å². The lowest BCUT2D eigenvalue weighted by molar-refractivity contribution is -0.117. The number of anilines is 1. The van der Waals surface area contributed by atoms with E-state index in [0.29, 0.717) is 6.42 Å². The van der Waals surface area contributed by atoms with Gasteiger partial charge in [0.1, 0.15) is 5.84 Å². The van der Waals surface area contributed by atoms with Gasteiger partial charge in [-0.2, -0.15) is 0 Å². The second kappa shape index (κ2) is 8.32. The van der Waals surface area contributed by atoms with Crippen LogP contribution >= 0.6 is 0 Å². The molecule has 1 aliphatic rings. The van der Waals surface area contributed by atoms with Gasteiger partial charge in [0.2, 0.25) is 5.91 Å². The van der Waals surface area contributed by atoms with E-state index in [4.69, 9.17) is 0 Å². The lowest BCUT2D eigenvalue weighted by Gasteiger charge is -2.23. The number of aliphatic imine (C=N–C) groups is 1. The summed E-state index contributed by atoms with van der Waals surface area (Å²) in [5, 5.41) is 0. The van der Waals surface area contributed by atoms with Crippen LogP contribution in [0, 0.1) is 0 Å². The first-order valence-electron chi connectivity index (χ1n) is 8.27. The molecule has 2 rings (SSSR count). The highest BCUT2D eigenvalue weighted by Gasteiger charge is 2.18. The summed E-state index contributed by atoms with van der Waals surface area (Å²) in [5.74, 6) is 1.10. The maximum Gasteiger partial charge on any atom is 0.231 e. The monoisotopic (exact) mass is 311 g/mol. The molecule has 0 N–H and O–H groups in total. The number of allylic oxidation sites excluding steroid dienone is 1. The van der Waals surface area contributed by atoms with E-state index >= 15 is 0 Å². The Labute approximate surface area is 138 Å². The van der Waals surface area contributed by atoms with Crippen molar-refractivity contribution >= 4 is 17.4 Å². The van der Waals surface area contributed by atoms with Crippen molar-refractivity contribution in [1.29, 1.82) is 0 Å². The predicted molar refractivity (Wildman–Crippen MR) is 96.4 cm³/mol. The quantitative estimate of drug-likeness (QED) is 0.825. The second-order valence-corrected chi connectivity index (χ2v) is 5.30. The molecule has 23 heavy (non-hydrogen) atoms. The van der Waals surface area contributed by atoms with Gasteiger partial charge in [-0.15, -0.1) is 0 Å². The Bertz CT molecular complexity index is 613. The summed E-state index contributed by atoms with van der Waals surface area (Å²) < 4.78 is 0. The fraction of sp³-hybridized carbons (Fsp3) is 0.368. The fourth-order valence-corrected chi connectivity index (χ4v) is 2.63. The first-order valence-corrected chi connectivity index (χ1v) is 8.27. The molecule has 1 heterocycles. The number of nitrogens with zero attached hydrogens (tertiary/aromatic N) is 3. The van der Waals surface area contributed by atoms with Gasteiger partial charge in [-0.25, -0.2) is 4.99 Å². The summed E-state index contributed by atoms with van der Waals surface area (Å²) in [7, 11) is 0. The molecule has 0 bridgehead atoms. The Balaban J connectivity index is 2.37. The van der Waals surface area contributed by atoms with Gasteiger partial charge in [0.15, 0.2) is 0 Å². The van der Waals surface area contributed by atoms with Gasteiger partial charge in [-0.05, 0) is 32.1 Å². The first kappa shape index (κ1) is 17.0. The minimum atomic E-state index is 0.0635. The number of rotatable bonds is 5. The Kier molecular flexibility index (Phi) is 6.15. The molecule has 0 saturated carbocycles. The maximum absolute atomic E-state index is 12.4. The third kappa shape index (κ3) is 4.09. The summed E-state index contributed by atoms with van der Waals surface area (Å²) in [6.07, 6.45) is 7.10. The topological polar surface area (TPSA) is 35.9 Å². The van der Waals surface area contributed by atoms with Crippen LogP contribution in [0.25, 0.3) is 0 Å². The molecule has 0 atom stereocenters. The molecule has 1 amide bonds. The highest BCUT2D eigenvalue weighted by atomic mass is 16.2. The van der Waals surface area contributed by atoms with Crippen LogP contribution in [-0.2, 0) is 4.79 Å². The third-order valence-electron chi connectivity index (χ3n) is 3.89. The predicted octanol–water partition coefficient (Wildman–Crippen LogP) is 3.97. The van der Waals surface area contributed by atoms with Crippen LogP contribution in [0.5, 0.6) is 0 Å². The molecule has 1 aromatic carbocycles. The minimum Gasteiger partial charge on any atom is -0.360 e. The fourth-order valence-electron chi connectivity index (χ4n) is 2.63. The Morgan fingerprint density at radius 1 is 1.13 bits per heavy atom. The van der Waals surface area contributed by atoms with Gasteiger partial charge in [-0.3, -0.25) is 9.69 Å². The molecule has 1 aliphatic heterocycles. The molecule has 0 unspecified atom stereocenters. The molecule has 0 aromatic heterocycles. The number of amidine groups is 1. The van der Waals surface area contributed by atoms with Gasteiger partial charge < -0.3 is 4.90 Å². The van der Waals surface area contributed by atoms with Gasteiger partial charge >= 0.3 is 0 Å². The number of hydrogen-bond donors (Lipinski definition) is 0. The van der Waals surface area contributed by atoms with Gasteiger partial charge in [-0.1, -0.05) is 31.2 Å².